The van der Waals surface area contributed by atoms with Gasteiger partial charge in [0.15, 0.2) is 0 Å². The van der Waals surface area contributed by atoms with E-state index in [-0.39, 0.29) is 16.0 Å². The predicted octanol–water partition coefficient (Wildman–Crippen LogP) is 6.20. The Bertz CT molecular complexity index is 1440. The van der Waals surface area contributed by atoms with Crippen molar-refractivity contribution in [2.45, 2.75) is 69.4 Å². The van der Waals surface area contributed by atoms with Crippen LogP contribution in [-0.4, -0.2) is 28.6 Å². The minimum atomic E-state index is -3.70. The molecule has 0 saturated heterocycles. The lowest BCUT2D eigenvalue weighted by Gasteiger charge is -2.46. The molecule has 4 atom stereocenters. The van der Waals surface area contributed by atoms with E-state index in [9.17, 15) is 8.42 Å². The van der Waals surface area contributed by atoms with Gasteiger partial charge in [-0.2, -0.15) is 13.5 Å². The Hall–Kier alpha value is -3.00. The molecular weight excluding hydrogens is 545 g/mol. The fourth-order valence-corrected chi connectivity index (χ4v) is 12.6. The molecular formula is C34H42N2O3SSi. The molecule has 5 nitrogen and oxygen atoms in total. The maximum atomic E-state index is 12.8. The Morgan fingerprint density at radius 2 is 1.54 bits per heavy atom. The molecule has 1 N–H and O–H groups in total. The summed E-state index contributed by atoms with van der Waals surface area (Å²) in [5, 5.41) is 6.92. The summed E-state index contributed by atoms with van der Waals surface area (Å²) in [5.41, 5.74) is 1.94. The van der Waals surface area contributed by atoms with Gasteiger partial charge in [-0.25, -0.2) is 4.83 Å². The highest BCUT2D eigenvalue weighted by molar-refractivity contribution is 7.89. The van der Waals surface area contributed by atoms with Crippen molar-refractivity contribution in [3.8, 4) is 0 Å². The molecule has 2 aliphatic carbocycles. The van der Waals surface area contributed by atoms with E-state index in [0.717, 1.165) is 37.0 Å². The molecule has 2 saturated carbocycles. The van der Waals surface area contributed by atoms with Gasteiger partial charge in [0, 0.05) is 11.8 Å². The van der Waals surface area contributed by atoms with Gasteiger partial charge in [0.1, 0.15) is 0 Å². The van der Waals surface area contributed by atoms with E-state index in [0.29, 0.717) is 17.8 Å². The molecule has 5 rings (SSSR count). The van der Waals surface area contributed by atoms with Gasteiger partial charge >= 0.3 is 0 Å². The molecule has 3 aromatic carbocycles. The van der Waals surface area contributed by atoms with Crippen LogP contribution in [0.3, 0.4) is 0 Å². The lowest BCUT2D eigenvalue weighted by atomic mass is 9.89. The molecule has 0 aliphatic heterocycles. The van der Waals surface area contributed by atoms with E-state index in [4.69, 9.17) is 4.43 Å². The Labute approximate surface area is 246 Å². The van der Waals surface area contributed by atoms with Gasteiger partial charge in [-0.15, -0.1) is 6.58 Å². The first-order valence-electron chi connectivity index (χ1n) is 14.6. The highest BCUT2D eigenvalue weighted by Gasteiger charge is 2.55. The van der Waals surface area contributed by atoms with E-state index in [1.165, 1.54) is 10.4 Å². The number of fused-ring (bicyclic) bond motifs is 1. The van der Waals surface area contributed by atoms with Crippen molar-refractivity contribution in [3.63, 3.8) is 0 Å². The quantitative estimate of drug-likeness (QED) is 0.185. The third kappa shape index (κ3) is 5.85. The van der Waals surface area contributed by atoms with Crippen LogP contribution in [0.2, 0.25) is 5.04 Å². The number of nitrogens with zero attached hydrogens (tertiary/aromatic N) is 1. The number of hydrogen-bond acceptors (Lipinski definition) is 4. The number of hydrogen-bond donors (Lipinski definition) is 1. The summed E-state index contributed by atoms with van der Waals surface area (Å²) >= 11 is 0. The second-order valence-electron chi connectivity index (χ2n) is 12.7. The first-order valence-corrected chi connectivity index (χ1v) is 18.0. The van der Waals surface area contributed by atoms with Crippen molar-refractivity contribution >= 4 is 34.4 Å². The Balaban J connectivity index is 1.42. The molecule has 3 aromatic rings. The van der Waals surface area contributed by atoms with Crippen LogP contribution in [0.25, 0.3) is 0 Å². The summed E-state index contributed by atoms with van der Waals surface area (Å²) in [6.45, 7) is 13.0. The summed E-state index contributed by atoms with van der Waals surface area (Å²) in [6, 6.07) is 28.5. The molecule has 0 bridgehead atoms. The summed E-state index contributed by atoms with van der Waals surface area (Å²) in [7, 11) is -6.39. The van der Waals surface area contributed by atoms with Crippen LogP contribution < -0.4 is 15.2 Å². The summed E-state index contributed by atoms with van der Waals surface area (Å²) in [6.07, 6.45) is 5.49. The van der Waals surface area contributed by atoms with Crippen LogP contribution in [0.5, 0.6) is 0 Å². The zero-order valence-corrected chi connectivity index (χ0v) is 26.4. The van der Waals surface area contributed by atoms with Crippen LogP contribution in [-0.2, 0) is 14.4 Å². The lowest BCUT2D eigenvalue weighted by Crippen LogP contribution is -2.68. The summed E-state index contributed by atoms with van der Waals surface area (Å²) < 4.78 is 33.3. The number of benzene rings is 3. The molecule has 7 heteroatoms. The fourth-order valence-electron chi connectivity index (χ4n) is 7.04. The smallest absolute Gasteiger partial charge is 0.276 e. The Morgan fingerprint density at radius 1 is 0.951 bits per heavy atom. The summed E-state index contributed by atoms with van der Waals surface area (Å²) in [4.78, 5) is 2.73. The zero-order valence-electron chi connectivity index (χ0n) is 24.6. The van der Waals surface area contributed by atoms with Gasteiger partial charge in [-0.3, -0.25) is 0 Å². The molecule has 0 heterocycles. The molecule has 0 radical (unpaired) electrons. The molecule has 2 aliphatic rings. The van der Waals surface area contributed by atoms with Crippen molar-refractivity contribution in [2.75, 3.05) is 0 Å². The third-order valence-corrected chi connectivity index (χ3v) is 15.3. The maximum absolute atomic E-state index is 12.8. The molecule has 41 heavy (non-hydrogen) atoms. The minimum Gasteiger partial charge on any atom is -0.404 e. The maximum Gasteiger partial charge on any atom is 0.276 e. The van der Waals surface area contributed by atoms with Crippen molar-refractivity contribution in [1.29, 1.82) is 0 Å². The molecule has 0 spiro atoms. The number of rotatable bonds is 9. The molecule has 0 amide bonds. The van der Waals surface area contributed by atoms with Gasteiger partial charge in [-0.1, -0.05) is 105 Å². The molecule has 0 unspecified atom stereocenters. The minimum absolute atomic E-state index is 0.0903. The van der Waals surface area contributed by atoms with Crippen LogP contribution >= 0.6 is 0 Å². The van der Waals surface area contributed by atoms with Gasteiger partial charge in [-0.05, 0) is 77.9 Å². The second-order valence-corrected chi connectivity index (χ2v) is 18.6. The monoisotopic (exact) mass is 586 g/mol. The first kappa shape index (κ1) is 29.5. The summed E-state index contributed by atoms with van der Waals surface area (Å²) in [5.74, 6) is 1.10. The highest BCUT2D eigenvalue weighted by Crippen LogP contribution is 2.51. The lowest BCUT2D eigenvalue weighted by molar-refractivity contribution is 0.133. The molecule has 2 fully saturated rings. The number of allylic oxidation sites excluding steroid dienone is 1. The Morgan fingerprint density at radius 3 is 2.07 bits per heavy atom. The van der Waals surface area contributed by atoms with Crippen molar-refractivity contribution in [2.24, 2.45) is 22.9 Å². The standard InChI is InChI=1S/C34H42N2O3SSi/c1-6-13-31-32-24-27(35-36-40(37,38)28-20-18-25(2)19-21-28)22-26(32)23-33(31)39-41(34(3,4)5,29-14-9-7-10-15-29)30-16-11-8-12-17-30/h6-12,14-21,26,31-33,36H,1,13,22-24H2,2-5H3/b35-27+/t26-,31+,32-,33+/m0/s1. The Kier molecular flexibility index (Phi) is 8.42. The van der Waals surface area contributed by atoms with E-state index in [1.54, 1.807) is 24.3 Å². The van der Waals surface area contributed by atoms with E-state index >= 15 is 0 Å². The zero-order chi connectivity index (χ0) is 29.3. The van der Waals surface area contributed by atoms with Crippen molar-refractivity contribution < 1.29 is 12.8 Å². The number of sulfonamides is 1. The average Bonchev–Trinajstić information content (AvgIpc) is 3.49. The van der Waals surface area contributed by atoms with Gasteiger partial charge < -0.3 is 4.43 Å². The fraction of sp³-hybridized carbons (Fsp3) is 0.382. The van der Waals surface area contributed by atoms with Gasteiger partial charge in [0.05, 0.1) is 4.90 Å². The molecule has 0 aromatic heterocycles. The van der Waals surface area contributed by atoms with Crippen molar-refractivity contribution in [1.82, 2.24) is 4.83 Å². The van der Waals surface area contributed by atoms with Gasteiger partial charge in [0.2, 0.25) is 0 Å². The highest BCUT2D eigenvalue weighted by atomic mass is 32.2. The van der Waals surface area contributed by atoms with Crippen LogP contribution in [0.4, 0.5) is 0 Å². The van der Waals surface area contributed by atoms with E-state index in [1.807, 2.05) is 13.0 Å². The number of aryl methyl sites for hydroxylation is 1. The first-order chi connectivity index (χ1) is 19.5. The van der Waals surface area contributed by atoms with Crippen LogP contribution in [0.1, 0.15) is 52.0 Å². The SMILES string of the molecule is C=CC[C@@H]1[C@H]2C/C(=N/NS(=O)(=O)c3ccc(C)cc3)C[C@H]2C[C@H]1O[Si](c1ccccc1)(c1ccccc1)C(C)(C)C. The van der Waals surface area contributed by atoms with Crippen LogP contribution in [0.15, 0.2) is 108 Å². The van der Waals surface area contributed by atoms with Crippen LogP contribution in [0, 0.1) is 24.7 Å². The average molecular weight is 587 g/mol. The van der Waals surface area contributed by atoms with Gasteiger partial charge in [0.25, 0.3) is 18.3 Å². The number of hydrazone groups is 1. The second kappa shape index (κ2) is 11.7. The number of nitrogens with one attached hydrogen (secondary N) is 1. The largest absolute Gasteiger partial charge is 0.404 e. The third-order valence-electron chi connectivity index (χ3n) is 8.98. The topological polar surface area (TPSA) is 67.8 Å². The van der Waals surface area contributed by atoms with Crippen molar-refractivity contribution in [3.05, 3.63) is 103 Å². The van der Waals surface area contributed by atoms with E-state index < -0.39 is 18.3 Å². The predicted molar refractivity (Wildman–Crippen MR) is 171 cm³/mol. The van der Waals surface area contributed by atoms with E-state index in [2.05, 4.69) is 97.9 Å². The molecule has 216 valence electrons. The normalized spacial score (nSPS) is 23.9.